The molecule has 1 aliphatic heterocycles. The van der Waals surface area contributed by atoms with Crippen LogP contribution in [0.4, 0.5) is 16.3 Å². The highest BCUT2D eigenvalue weighted by atomic mass is 16.5. The van der Waals surface area contributed by atoms with Gasteiger partial charge in [-0.15, -0.1) is 5.10 Å². The van der Waals surface area contributed by atoms with Gasteiger partial charge in [-0.05, 0) is 50.2 Å². The third-order valence-electron chi connectivity index (χ3n) is 5.27. The molecule has 0 saturated carbocycles. The van der Waals surface area contributed by atoms with Crippen LogP contribution in [-0.2, 0) is 4.74 Å². The molecule has 3 heterocycles. The average Bonchev–Trinajstić information content (AvgIpc) is 3.21. The Labute approximate surface area is 181 Å². The van der Waals surface area contributed by atoms with Crippen molar-refractivity contribution in [3.8, 4) is 11.4 Å². The van der Waals surface area contributed by atoms with Crippen molar-refractivity contribution in [2.75, 3.05) is 43.5 Å². The maximum Gasteiger partial charge on any atom is 0.321 e. The van der Waals surface area contributed by atoms with E-state index in [1.165, 1.54) is 4.90 Å². The van der Waals surface area contributed by atoms with Gasteiger partial charge in [-0.2, -0.15) is 0 Å². The second-order valence-electron chi connectivity index (χ2n) is 7.91. The first-order valence-electron chi connectivity index (χ1n) is 10.4. The zero-order valence-corrected chi connectivity index (χ0v) is 18.0. The summed E-state index contributed by atoms with van der Waals surface area (Å²) in [6.07, 6.45) is 2.18. The predicted octanol–water partition coefficient (Wildman–Crippen LogP) is 2.47. The number of hydrogen-bond donors (Lipinski definition) is 2. The standard InChI is InChI=1S/C22H28N6O3/c1-15-13-27(14-16(2)31-15)21-19-5-4-10-28(19)25-20(24-21)17-6-8-18(9-7-17)23-22(30)26(3)11-12-29/h4-10,15-16,29H,11-14H2,1-3H3,(H,23,30)/t15-,16+. The molecule has 0 aliphatic carbocycles. The molecule has 3 aromatic rings. The molecule has 2 N–H and O–H groups in total. The second kappa shape index (κ2) is 8.91. The van der Waals surface area contributed by atoms with Crippen molar-refractivity contribution in [3.05, 3.63) is 42.6 Å². The topological polar surface area (TPSA) is 95.2 Å². The van der Waals surface area contributed by atoms with Crippen LogP contribution in [0.1, 0.15) is 13.8 Å². The molecule has 2 amide bonds. The number of aromatic nitrogens is 3. The largest absolute Gasteiger partial charge is 0.395 e. The molecule has 9 heteroatoms. The number of carbonyl (C=O) groups is 1. The van der Waals surface area contributed by atoms with E-state index >= 15 is 0 Å². The fourth-order valence-corrected chi connectivity index (χ4v) is 3.80. The van der Waals surface area contributed by atoms with E-state index in [1.807, 2.05) is 47.1 Å². The van der Waals surface area contributed by atoms with E-state index in [2.05, 4.69) is 29.2 Å². The maximum absolute atomic E-state index is 12.1. The third kappa shape index (κ3) is 4.62. The van der Waals surface area contributed by atoms with Gasteiger partial charge in [-0.25, -0.2) is 14.3 Å². The Hall–Kier alpha value is -3.17. The van der Waals surface area contributed by atoms with Crippen LogP contribution in [0.3, 0.4) is 0 Å². The number of anilines is 2. The number of aliphatic hydroxyl groups excluding tert-OH is 1. The molecule has 9 nitrogen and oxygen atoms in total. The Balaban J connectivity index is 1.60. The van der Waals surface area contributed by atoms with Gasteiger partial charge in [0, 0.05) is 44.1 Å². The highest BCUT2D eigenvalue weighted by Crippen LogP contribution is 2.27. The maximum atomic E-state index is 12.1. The minimum Gasteiger partial charge on any atom is -0.395 e. The number of amides is 2. The summed E-state index contributed by atoms with van der Waals surface area (Å²) in [7, 11) is 1.63. The lowest BCUT2D eigenvalue weighted by Gasteiger charge is -2.36. The van der Waals surface area contributed by atoms with Crippen LogP contribution >= 0.6 is 0 Å². The van der Waals surface area contributed by atoms with Gasteiger partial charge >= 0.3 is 6.03 Å². The second-order valence-corrected chi connectivity index (χ2v) is 7.91. The molecule has 4 rings (SSSR count). The Bertz CT molecular complexity index is 1040. The Morgan fingerprint density at radius 3 is 2.61 bits per heavy atom. The van der Waals surface area contributed by atoms with Crippen molar-refractivity contribution in [2.45, 2.75) is 26.1 Å². The van der Waals surface area contributed by atoms with E-state index in [4.69, 9.17) is 14.8 Å². The highest BCUT2D eigenvalue weighted by Gasteiger charge is 2.25. The summed E-state index contributed by atoms with van der Waals surface area (Å²) in [5, 5.41) is 16.4. The SMILES string of the molecule is C[C@@H]1CN(c2nc(-c3ccc(NC(=O)N(C)CCO)cc3)nn3cccc23)C[C@H](C)O1. The number of nitrogens with zero attached hydrogens (tertiary/aromatic N) is 5. The van der Waals surface area contributed by atoms with Crippen LogP contribution in [0.25, 0.3) is 16.9 Å². The van der Waals surface area contributed by atoms with Gasteiger partial charge in [0.15, 0.2) is 11.6 Å². The van der Waals surface area contributed by atoms with E-state index < -0.39 is 0 Å². The van der Waals surface area contributed by atoms with Crippen LogP contribution in [0, 0.1) is 0 Å². The zero-order valence-electron chi connectivity index (χ0n) is 18.0. The van der Waals surface area contributed by atoms with Gasteiger partial charge in [0.25, 0.3) is 0 Å². The first-order valence-corrected chi connectivity index (χ1v) is 10.4. The van der Waals surface area contributed by atoms with Crippen molar-refractivity contribution >= 4 is 23.1 Å². The number of ether oxygens (including phenoxy) is 1. The summed E-state index contributed by atoms with van der Waals surface area (Å²) in [4.78, 5) is 20.7. The number of fused-ring (bicyclic) bond motifs is 1. The van der Waals surface area contributed by atoms with Gasteiger partial charge in [0.1, 0.15) is 5.52 Å². The molecule has 0 spiro atoms. The normalized spacial score (nSPS) is 18.9. The molecule has 1 fully saturated rings. The number of urea groups is 1. The number of benzene rings is 1. The number of aliphatic hydroxyl groups is 1. The monoisotopic (exact) mass is 424 g/mol. The quantitative estimate of drug-likeness (QED) is 0.653. The summed E-state index contributed by atoms with van der Waals surface area (Å²) >= 11 is 0. The number of carbonyl (C=O) groups excluding carboxylic acids is 1. The van der Waals surface area contributed by atoms with Gasteiger partial charge in [0.05, 0.1) is 18.8 Å². The van der Waals surface area contributed by atoms with Crippen molar-refractivity contribution in [3.63, 3.8) is 0 Å². The predicted molar refractivity (Wildman–Crippen MR) is 119 cm³/mol. The number of nitrogens with one attached hydrogen (secondary N) is 1. The summed E-state index contributed by atoms with van der Waals surface area (Å²) in [6, 6.07) is 11.1. The fourth-order valence-electron chi connectivity index (χ4n) is 3.80. The van der Waals surface area contributed by atoms with Gasteiger partial charge in [-0.3, -0.25) is 0 Å². The number of hydrogen-bond acceptors (Lipinski definition) is 6. The summed E-state index contributed by atoms with van der Waals surface area (Å²) in [5.74, 6) is 1.50. The highest BCUT2D eigenvalue weighted by molar-refractivity contribution is 5.89. The summed E-state index contributed by atoms with van der Waals surface area (Å²) in [6.45, 7) is 5.89. The lowest BCUT2D eigenvalue weighted by molar-refractivity contribution is -0.00539. The van der Waals surface area contributed by atoms with E-state index in [-0.39, 0.29) is 31.4 Å². The lowest BCUT2D eigenvalue weighted by Crippen LogP contribution is -2.46. The minimum absolute atomic E-state index is 0.0783. The lowest BCUT2D eigenvalue weighted by atomic mass is 10.2. The Morgan fingerprint density at radius 1 is 1.23 bits per heavy atom. The van der Waals surface area contributed by atoms with Crippen LogP contribution in [0.2, 0.25) is 0 Å². The molecule has 0 radical (unpaired) electrons. The Morgan fingerprint density at radius 2 is 1.94 bits per heavy atom. The molecule has 164 valence electrons. The Kier molecular flexibility index (Phi) is 6.06. The van der Waals surface area contributed by atoms with E-state index in [1.54, 1.807) is 7.05 Å². The zero-order chi connectivity index (χ0) is 22.0. The van der Waals surface area contributed by atoms with Gasteiger partial charge in [-0.1, -0.05) is 0 Å². The summed E-state index contributed by atoms with van der Waals surface area (Å²) in [5.41, 5.74) is 2.48. The van der Waals surface area contributed by atoms with Crippen molar-refractivity contribution in [1.82, 2.24) is 19.5 Å². The number of likely N-dealkylation sites (N-methyl/N-ethyl adjacent to an activating group) is 1. The van der Waals surface area contributed by atoms with Crippen LogP contribution < -0.4 is 10.2 Å². The molecule has 2 atom stereocenters. The molecule has 31 heavy (non-hydrogen) atoms. The van der Waals surface area contributed by atoms with Crippen molar-refractivity contribution < 1.29 is 14.6 Å². The first-order chi connectivity index (χ1) is 14.9. The molecule has 1 saturated heterocycles. The molecular weight excluding hydrogens is 396 g/mol. The van der Waals surface area contributed by atoms with Crippen LogP contribution in [0.15, 0.2) is 42.6 Å². The average molecular weight is 425 g/mol. The summed E-state index contributed by atoms with van der Waals surface area (Å²) < 4.78 is 7.73. The molecule has 1 aromatic carbocycles. The molecule has 0 bridgehead atoms. The molecule has 0 unspecified atom stereocenters. The fraction of sp³-hybridized carbons (Fsp3) is 0.409. The minimum atomic E-state index is -0.273. The van der Waals surface area contributed by atoms with Crippen molar-refractivity contribution in [1.29, 1.82) is 0 Å². The van der Waals surface area contributed by atoms with Crippen LogP contribution in [0.5, 0.6) is 0 Å². The smallest absolute Gasteiger partial charge is 0.321 e. The van der Waals surface area contributed by atoms with E-state index in [0.717, 1.165) is 30.0 Å². The molecule has 2 aromatic heterocycles. The number of rotatable bonds is 5. The number of morpholine rings is 1. The first kappa shape index (κ1) is 21.1. The van der Waals surface area contributed by atoms with Gasteiger partial charge in [0.2, 0.25) is 0 Å². The van der Waals surface area contributed by atoms with Crippen molar-refractivity contribution in [2.24, 2.45) is 0 Å². The van der Waals surface area contributed by atoms with Gasteiger partial charge < -0.3 is 25.0 Å². The van der Waals surface area contributed by atoms with E-state index in [0.29, 0.717) is 11.5 Å². The van der Waals surface area contributed by atoms with Crippen LogP contribution in [-0.4, -0.2) is 76.1 Å². The van der Waals surface area contributed by atoms with E-state index in [9.17, 15) is 4.79 Å². The molecular formula is C22H28N6O3. The third-order valence-corrected chi connectivity index (χ3v) is 5.27. The molecule has 1 aliphatic rings.